The van der Waals surface area contributed by atoms with Crippen LogP contribution >= 0.6 is 0 Å². The molecule has 1 saturated heterocycles. The molecular weight excluding hydrogens is 306 g/mol. The van der Waals surface area contributed by atoms with Gasteiger partial charge < -0.3 is 15.2 Å². The zero-order valence-electron chi connectivity index (χ0n) is 14.9. The van der Waals surface area contributed by atoms with E-state index in [1.807, 2.05) is 38.1 Å². The predicted octanol–water partition coefficient (Wildman–Crippen LogP) is 0.698. The summed E-state index contributed by atoms with van der Waals surface area (Å²) in [6, 6.07) is 7.56. The van der Waals surface area contributed by atoms with Gasteiger partial charge in [-0.15, -0.1) is 0 Å². The lowest BCUT2D eigenvalue weighted by atomic mass is 10.2. The van der Waals surface area contributed by atoms with Crippen LogP contribution in [0.15, 0.2) is 24.3 Å². The molecule has 2 rings (SSSR count). The van der Waals surface area contributed by atoms with E-state index in [-0.39, 0.29) is 18.1 Å². The molecule has 1 fully saturated rings. The highest BCUT2D eigenvalue weighted by Crippen LogP contribution is 2.11. The minimum Gasteiger partial charge on any atom is -0.497 e. The molecule has 134 valence electrons. The van der Waals surface area contributed by atoms with Crippen LogP contribution in [-0.4, -0.2) is 72.8 Å². The molecular formula is C18H29N3O3. The maximum Gasteiger partial charge on any atom is 0.237 e. The SMILES string of the molecule is COc1ccc(CNC(=O)[C@H](C)N2CCN(C[C@H](C)O)CC2)cc1. The number of methoxy groups -OCH3 is 1. The first kappa shape index (κ1) is 18.7. The lowest BCUT2D eigenvalue weighted by Gasteiger charge is -2.37. The summed E-state index contributed by atoms with van der Waals surface area (Å²) in [5.41, 5.74) is 1.05. The second-order valence-electron chi connectivity index (χ2n) is 6.43. The third-order valence-electron chi connectivity index (χ3n) is 4.48. The fourth-order valence-electron chi connectivity index (χ4n) is 2.95. The van der Waals surface area contributed by atoms with Gasteiger partial charge in [0, 0.05) is 39.3 Å². The van der Waals surface area contributed by atoms with Gasteiger partial charge in [0.2, 0.25) is 5.91 Å². The van der Waals surface area contributed by atoms with E-state index in [0.717, 1.165) is 37.5 Å². The molecule has 0 aliphatic carbocycles. The number of ether oxygens (including phenoxy) is 1. The fraction of sp³-hybridized carbons (Fsp3) is 0.611. The van der Waals surface area contributed by atoms with E-state index in [1.165, 1.54) is 0 Å². The summed E-state index contributed by atoms with van der Waals surface area (Å²) in [6.07, 6.45) is -0.304. The van der Waals surface area contributed by atoms with Crippen LogP contribution in [0.25, 0.3) is 0 Å². The molecule has 1 amide bonds. The summed E-state index contributed by atoms with van der Waals surface area (Å²) in [5, 5.41) is 12.5. The number of hydrogen-bond donors (Lipinski definition) is 2. The van der Waals surface area contributed by atoms with Crippen LogP contribution in [0.1, 0.15) is 19.4 Å². The Hall–Kier alpha value is -1.63. The first-order valence-electron chi connectivity index (χ1n) is 8.54. The average molecular weight is 335 g/mol. The highest BCUT2D eigenvalue weighted by atomic mass is 16.5. The van der Waals surface area contributed by atoms with Gasteiger partial charge in [-0.05, 0) is 31.5 Å². The zero-order valence-corrected chi connectivity index (χ0v) is 14.9. The van der Waals surface area contributed by atoms with Gasteiger partial charge in [-0.2, -0.15) is 0 Å². The summed E-state index contributed by atoms with van der Waals surface area (Å²) < 4.78 is 5.13. The number of nitrogens with zero attached hydrogens (tertiary/aromatic N) is 2. The molecule has 0 bridgehead atoms. The molecule has 24 heavy (non-hydrogen) atoms. The molecule has 0 saturated carbocycles. The molecule has 6 heteroatoms. The van der Waals surface area contributed by atoms with Crippen LogP contribution in [0, 0.1) is 0 Å². The Kier molecular flexibility index (Phi) is 7.02. The third-order valence-corrected chi connectivity index (χ3v) is 4.48. The molecule has 2 N–H and O–H groups in total. The van der Waals surface area contributed by atoms with Crippen molar-refractivity contribution in [1.29, 1.82) is 0 Å². The maximum absolute atomic E-state index is 12.4. The number of hydrogen-bond acceptors (Lipinski definition) is 5. The topological polar surface area (TPSA) is 65.0 Å². The lowest BCUT2D eigenvalue weighted by molar-refractivity contribution is -0.126. The molecule has 2 atom stereocenters. The number of amides is 1. The number of carbonyl (C=O) groups excluding carboxylic acids is 1. The van der Waals surface area contributed by atoms with E-state index in [9.17, 15) is 9.90 Å². The third kappa shape index (κ3) is 5.47. The molecule has 0 unspecified atom stereocenters. The van der Waals surface area contributed by atoms with Crippen molar-refractivity contribution in [2.45, 2.75) is 32.5 Å². The fourth-order valence-corrected chi connectivity index (χ4v) is 2.95. The normalized spacial score (nSPS) is 18.8. The van der Waals surface area contributed by atoms with E-state index in [1.54, 1.807) is 7.11 Å². The zero-order chi connectivity index (χ0) is 17.5. The highest BCUT2D eigenvalue weighted by Gasteiger charge is 2.25. The first-order chi connectivity index (χ1) is 11.5. The van der Waals surface area contributed by atoms with Crippen molar-refractivity contribution in [3.63, 3.8) is 0 Å². The molecule has 0 spiro atoms. The van der Waals surface area contributed by atoms with Gasteiger partial charge in [0.1, 0.15) is 5.75 Å². The van der Waals surface area contributed by atoms with Crippen LogP contribution in [0.3, 0.4) is 0 Å². The molecule has 1 aromatic rings. The largest absolute Gasteiger partial charge is 0.497 e. The molecule has 6 nitrogen and oxygen atoms in total. The molecule has 1 heterocycles. The van der Waals surface area contributed by atoms with Crippen LogP contribution in [0.2, 0.25) is 0 Å². The number of β-amino-alcohol motifs (C(OH)–C–C–N with tert-alkyl or cyclic N) is 1. The van der Waals surface area contributed by atoms with Gasteiger partial charge in [-0.1, -0.05) is 12.1 Å². The summed E-state index contributed by atoms with van der Waals surface area (Å²) in [5.74, 6) is 0.864. The summed E-state index contributed by atoms with van der Waals surface area (Å²) in [4.78, 5) is 16.8. The summed E-state index contributed by atoms with van der Waals surface area (Å²) in [6.45, 7) is 8.46. The standard InChI is InChI=1S/C18H29N3O3/c1-14(22)13-20-8-10-21(11-9-20)15(2)18(23)19-12-16-4-6-17(24-3)7-5-16/h4-7,14-15,22H,8-13H2,1-3H3,(H,19,23)/t14-,15-/m0/s1. The van der Waals surface area contributed by atoms with Gasteiger partial charge in [0.15, 0.2) is 0 Å². The Morgan fingerprint density at radius 3 is 2.38 bits per heavy atom. The van der Waals surface area contributed by atoms with Crippen molar-refractivity contribution in [3.8, 4) is 5.75 Å². The van der Waals surface area contributed by atoms with Gasteiger partial charge >= 0.3 is 0 Å². The monoisotopic (exact) mass is 335 g/mol. The number of aliphatic hydroxyl groups excluding tert-OH is 1. The first-order valence-corrected chi connectivity index (χ1v) is 8.54. The molecule has 1 aliphatic rings. The Bertz CT molecular complexity index is 511. The smallest absolute Gasteiger partial charge is 0.237 e. The minimum atomic E-state index is -0.304. The second-order valence-corrected chi connectivity index (χ2v) is 6.43. The van der Waals surface area contributed by atoms with Crippen LogP contribution in [0.5, 0.6) is 5.75 Å². The van der Waals surface area contributed by atoms with Crippen LogP contribution in [-0.2, 0) is 11.3 Å². The van der Waals surface area contributed by atoms with Crippen molar-refractivity contribution in [1.82, 2.24) is 15.1 Å². The van der Waals surface area contributed by atoms with Crippen molar-refractivity contribution < 1.29 is 14.6 Å². The number of benzene rings is 1. The Labute approximate surface area is 144 Å². The van der Waals surface area contributed by atoms with E-state index in [4.69, 9.17) is 4.74 Å². The second kappa shape index (κ2) is 9.01. The average Bonchev–Trinajstić information content (AvgIpc) is 2.59. The number of carbonyl (C=O) groups is 1. The number of aliphatic hydroxyl groups is 1. The molecule has 1 aliphatic heterocycles. The predicted molar refractivity (Wildman–Crippen MR) is 94.0 cm³/mol. The molecule has 0 aromatic heterocycles. The van der Waals surface area contributed by atoms with Crippen molar-refractivity contribution in [3.05, 3.63) is 29.8 Å². The van der Waals surface area contributed by atoms with Crippen LogP contribution < -0.4 is 10.1 Å². The lowest BCUT2D eigenvalue weighted by Crippen LogP contribution is -2.54. The molecule has 0 radical (unpaired) electrons. The Morgan fingerprint density at radius 2 is 1.83 bits per heavy atom. The quantitative estimate of drug-likeness (QED) is 0.768. The summed E-state index contributed by atoms with van der Waals surface area (Å²) >= 11 is 0. The van der Waals surface area contributed by atoms with Crippen molar-refractivity contribution >= 4 is 5.91 Å². The minimum absolute atomic E-state index is 0.0507. The van der Waals surface area contributed by atoms with E-state index in [2.05, 4.69) is 15.1 Å². The Morgan fingerprint density at radius 1 is 1.21 bits per heavy atom. The van der Waals surface area contributed by atoms with Crippen molar-refractivity contribution in [2.24, 2.45) is 0 Å². The summed E-state index contributed by atoms with van der Waals surface area (Å²) in [7, 11) is 1.64. The van der Waals surface area contributed by atoms with E-state index in [0.29, 0.717) is 13.1 Å². The van der Waals surface area contributed by atoms with Gasteiger partial charge in [0.25, 0.3) is 0 Å². The number of piperazine rings is 1. The van der Waals surface area contributed by atoms with Gasteiger partial charge in [-0.3, -0.25) is 14.6 Å². The number of nitrogens with one attached hydrogen (secondary N) is 1. The van der Waals surface area contributed by atoms with E-state index >= 15 is 0 Å². The Balaban J connectivity index is 1.75. The highest BCUT2D eigenvalue weighted by molar-refractivity contribution is 5.81. The van der Waals surface area contributed by atoms with Gasteiger partial charge in [-0.25, -0.2) is 0 Å². The van der Waals surface area contributed by atoms with Crippen LogP contribution in [0.4, 0.5) is 0 Å². The molecule has 1 aromatic carbocycles. The maximum atomic E-state index is 12.4. The van der Waals surface area contributed by atoms with E-state index < -0.39 is 0 Å². The number of rotatable bonds is 7. The van der Waals surface area contributed by atoms with Gasteiger partial charge in [0.05, 0.1) is 19.3 Å². The van der Waals surface area contributed by atoms with Crippen molar-refractivity contribution in [2.75, 3.05) is 39.8 Å².